The molecule has 1 atom stereocenters. The Labute approximate surface area is 90.2 Å². The van der Waals surface area contributed by atoms with E-state index in [4.69, 9.17) is 4.74 Å². The fourth-order valence-corrected chi connectivity index (χ4v) is 2.20. The van der Waals surface area contributed by atoms with Gasteiger partial charge in [0.2, 0.25) is 0 Å². The van der Waals surface area contributed by atoms with Gasteiger partial charge in [0.25, 0.3) is 0 Å². The van der Waals surface area contributed by atoms with Crippen molar-refractivity contribution in [1.82, 2.24) is 0 Å². The van der Waals surface area contributed by atoms with Crippen molar-refractivity contribution < 1.29 is 9.84 Å². The highest BCUT2D eigenvalue weighted by atomic mass is 16.5. The van der Waals surface area contributed by atoms with Gasteiger partial charge in [-0.15, -0.1) is 0 Å². The van der Waals surface area contributed by atoms with E-state index < -0.39 is 5.60 Å². The van der Waals surface area contributed by atoms with Crippen molar-refractivity contribution in [1.29, 1.82) is 0 Å². The van der Waals surface area contributed by atoms with Gasteiger partial charge in [0.15, 0.2) is 0 Å². The summed E-state index contributed by atoms with van der Waals surface area (Å²) in [7, 11) is 1.64. The van der Waals surface area contributed by atoms with Crippen molar-refractivity contribution in [3.63, 3.8) is 0 Å². The Kier molecular flexibility index (Phi) is 2.53. The van der Waals surface area contributed by atoms with Crippen molar-refractivity contribution in [3.05, 3.63) is 42.0 Å². The Bertz CT molecular complexity index is 384. The van der Waals surface area contributed by atoms with Crippen molar-refractivity contribution in [2.45, 2.75) is 24.9 Å². The Hall–Kier alpha value is -1.28. The second-order valence-electron chi connectivity index (χ2n) is 4.01. The van der Waals surface area contributed by atoms with Crippen LogP contribution in [0.15, 0.2) is 30.9 Å². The molecule has 1 aromatic carbocycles. The Morgan fingerprint density at radius 1 is 1.53 bits per heavy atom. The van der Waals surface area contributed by atoms with Crippen molar-refractivity contribution in [2.75, 3.05) is 7.11 Å². The molecule has 0 aromatic heterocycles. The first kappa shape index (κ1) is 10.2. The average Bonchev–Trinajstić information content (AvgIpc) is 2.29. The highest BCUT2D eigenvalue weighted by Crippen LogP contribution is 2.37. The summed E-state index contributed by atoms with van der Waals surface area (Å²) in [6, 6.07) is 5.88. The smallest absolute Gasteiger partial charge is 0.119 e. The lowest BCUT2D eigenvalue weighted by Crippen LogP contribution is -2.28. The predicted octanol–water partition coefficient (Wildman–Crippen LogP) is 2.41. The minimum Gasteiger partial charge on any atom is -0.497 e. The number of fused-ring (bicyclic) bond motifs is 1. The lowest BCUT2D eigenvalue weighted by atomic mass is 9.79. The van der Waals surface area contributed by atoms with Gasteiger partial charge in [-0.1, -0.05) is 18.7 Å². The molecular formula is C13H16O2. The maximum Gasteiger partial charge on any atom is 0.119 e. The summed E-state index contributed by atoms with van der Waals surface area (Å²) < 4.78 is 5.17. The number of methoxy groups -OCH3 is 1. The SMILES string of the molecule is C=CC1(O)CCCc2ccc(OC)cc21. The maximum absolute atomic E-state index is 10.4. The first-order valence-corrected chi connectivity index (χ1v) is 5.23. The number of hydrogen-bond acceptors (Lipinski definition) is 2. The molecule has 80 valence electrons. The second-order valence-corrected chi connectivity index (χ2v) is 4.01. The van der Waals surface area contributed by atoms with E-state index >= 15 is 0 Å². The fraction of sp³-hybridized carbons (Fsp3) is 0.385. The Balaban J connectivity index is 2.53. The van der Waals surface area contributed by atoms with Gasteiger partial charge >= 0.3 is 0 Å². The number of rotatable bonds is 2. The fourth-order valence-electron chi connectivity index (χ4n) is 2.20. The largest absolute Gasteiger partial charge is 0.497 e. The average molecular weight is 204 g/mol. The van der Waals surface area contributed by atoms with Crippen LogP contribution in [-0.4, -0.2) is 12.2 Å². The number of aliphatic hydroxyl groups is 1. The lowest BCUT2D eigenvalue weighted by molar-refractivity contribution is 0.0701. The lowest BCUT2D eigenvalue weighted by Gasteiger charge is -2.32. The third-order valence-electron chi connectivity index (χ3n) is 3.13. The van der Waals surface area contributed by atoms with E-state index in [9.17, 15) is 5.11 Å². The van der Waals surface area contributed by atoms with Crippen LogP contribution in [0.1, 0.15) is 24.0 Å². The van der Waals surface area contributed by atoms with E-state index in [0.29, 0.717) is 0 Å². The topological polar surface area (TPSA) is 29.5 Å². The van der Waals surface area contributed by atoms with Gasteiger partial charge in [0.05, 0.1) is 7.11 Å². The molecule has 0 saturated carbocycles. The predicted molar refractivity (Wildman–Crippen MR) is 60.0 cm³/mol. The summed E-state index contributed by atoms with van der Waals surface area (Å²) in [4.78, 5) is 0. The molecule has 1 aliphatic rings. The molecule has 2 nitrogen and oxygen atoms in total. The van der Waals surface area contributed by atoms with Gasteiger partial charge in [0, 0.05) is 0 Å². The number of hydrogen-bond donors (Lipinski definition) is 1. The van der Waals surface area contributed by atoms with Crippen LogP contribution in [0.25, 0.3) is 0 Å². The van der Waals surface area contributed by atoms with Gasteiger partial charge in [-0.25, -0.2) is 0 Å². The minimum absolute atomic E-state index is 0.747. The standard InChI is InChI=1S/C13H16O2/c1-3-13(14)8-4-5-10-6-7-11(15-2)9-12(10)13/h3,6-7,9,14H,1,4-5,8H2,2H3. The van der Waals surface area contributed by atoms with Crippen molar-refractivity contribution in [3.8, 4) is 5.75 Å². The van der Waals surface area contributed by atoms with Crippen LogP contribution >= 0.6 is 0 Å². The zero-order chi connectivity index (χ0) is 10.9. The van der Waals surface area contributed by atoms with Crippen LogP contribution in [0.3, 0.4) is 0 Å². The van der Waals surface area contributed by atoms with Crippen LogP contribution in [0.5, 0.6) is 5.75 Å². The van der Waals surface area contributed by atoms with Crippen LogP contribution in [-0.2, 0) is 12.0 Å². The van der Waals surface area contributed by atoms with E-state index in [1.807, 2.05) is 18.2 Å². The molecule has 1 unspecified atom stereocenters. The van der Waals surface area contributed by atoms with E-state index in [1.54, 1.807) is 13.2 Å². The summed E-state index contributed by atoms with van der Waals surface area (Å²) >= 11 is 0. The van der Waals surface area contributed by atoms with Gasteiger partial charge in [-0.3, -0.25) is 0 Å². The Morgan fingerprint density at radius 3 is 3.00 bits per heavy atom. The third kappa shape index (κ3) is 1.65. The van der Waals surface area contributed by atoms with E-state index in [0.717, 1.165) is 30.6 Å². The van der Waals surface area contributed by atoms with Crippen molar-refractivity contribution in [2.24, 2.45) is 0 Å². The summed E-state index contributed by atoms with van der Waals surface area (Å²) in [6.45, 7) is 3.72. The summed E-state index contributed by atoms with van der Waals surface area (Å²) in [5.74, 6) is 0.788. The molecule has 2 rings (SSSR count). The third-order valence-corrected chi connectivity index (χ3v) is 3.13. The highest BCUT2D eigenvalue weighted by molar-refractivity contribution is 5.42. The monoisotopic (exact) mass is 204 g/mol. The maximum atomic E-state index is 10.4. The molecule has 1 aliphatic carbocycles. The number of benzene rings is 1. The number of aryl methyl sites for hydroxylation is 1. The first-order chi connectivity index (χ1) is 7.19. The van der Waals surface area contributed by atoms with Crippen LogP contribution < -0.4 is 4.74 Å². The van der Waals surface area contributed by atoms with Crippen LogP contribution in [0.4, 0.5) is 0 Å². The summed E-state index contributed by atoms with van der Waals surface area (Å²) in [6.07, 6.45) is 4.40. The molecule has 0 aliphatic heterocycles. The molecular weight excluding hydrogens is 188 g/mol. The molecule has 0 saturated heterocycles. The normalized spacial score (nSPS) is 24.4. The molecule has 0 amide bonds. The molecule has 15 heavy (non-hydrogen) atoms. The van der Waals surface area contributed by atoms with Crippen molar-refractivity contribution >= 4 is 0 Å². The van der Waals surface area contributed by atoms with Gasteiger partial charge in [-0.2, -0.15) is 0 Å². The molecule has 0 radical (unpaired) electrons. The van der Waals surface area contributed by atoms with E-state index in [1.165, 1.54) is 5.56 Å². The summed E-state index contributed by atoms with van der Waals surface area (Å²) in [5.41, 5.74) is 1.27. The molecule has 1 N–H and O–H groups in total. The minimum atomic E-state index is -0.873. The quantitative estimate of drug-likeness (QED) is 0.750. The zero-order valence-electron chi connectivity index (χ0n) is 8.99. The van der Waals surface area contributed by atoms with E-state index in [-0.39, 0.29) is 0 Å². The van der Waals surface area contributed by atoms with Gasteiger partial charge < -0.3 is 9.84 Å². The molecule has 2 heteroatoms. The Morgan fingerprint density at radius 2 is 2.33 bits per heavy atom. The number of ether oxygens (including phenoxy) is 1. The summed E-state index contributed by atoms with van der Waals surface area (Å²) in [5, 5.41) is 10.4. The zero-order valence-corrected chi connectivity index (χ0v) is 8.99. The molecule has 0 bridgehead atoms. The van der Waals surface area contributed by atoms with E-state index in [2.05, 4.69) is 6.58 Å². The molecule has 1 aromatic rings. The van der Waals surface area contributed by atoms with Crippen LogP contribution in [0.2, 0.25) is 0 Å². The van der Waals surface area contributed by atoms with Gasteiger partial charge in [0.1, 0.15) is 11.4 Å². The molecule has 0 heterocycles. The van der Waals surface area contributed by atoms with Crippen LogP contribution in [0, 0.1) is 0 Å². The second kappa shape index (κ2) is 3.70. The first-order valence-electron chi connectivity index (χ1n) is 5.23. The molecule has 0 fully saturated rings. The molecule has 0 spiro atoms. The highest BCUT2D eigenvalue weighted by Gasteiger charge is 2.31. The van der Waals surface area contributed by atoms with Gasteiger partial charge in [-0.05, 0) is 42.5 Å².